The van der Waals surface area contributed by atoms with Gasteiger partial charge in [-0.3, -0.25) is 4.79 Å². The number of hydrogen-bond acceptors (Lipinski definition) is 4. The summed E-state index contributed by atoms with van der Waals surface area (Å²) in [5.74, 6) is 0.762. The number of carbonyl (C=O) groups is 1. The Morgan fingerprint density at radius 3 is 2.82 bits per heavy atom. The van der Waals surface area contributed by atoms with Crippen molar-refractivity contribution >= 4 is 29.3 Å². The van der Waals surface area contributed by atoms with E-state index in [9.17, 15) is 4.79 Å². The van der Waals surface area contributed by atoms with Gasteiger partial charge in [-0.05, 0) is 32.9 Å². The van der Waals surface area contributed by atoms with E-state index >= 15 is 0 Å². The largest absolute Gasteiger partial charge is 0.355 e. The van der Waals surface area contributed by atoms with Crippen molar-refractivity contribution in [1.82, 2.24) is 20.1 Å². The van der Waals surface area contributed by atoms with Crippen LogP contribution in [0.1, 0.15) is 20.8 Å². The van der Waals surface area contributed by atoms with Crippen LogP contribution >= 0.6 is 23.4 Å². The topological polar surface area (TPSA) is 59.8 Å². The second-order valence-corrected chi connectivity index (χ2v) is 6.46. The number of nitrogens with zero attached hydrogens (tertiary/aromatic N) is 3. The van der Waals surface area contributed by atoms with Gasteiger partial charge in [-0.25, -0.2) is 0 Å². The Morgan fingerprint density at radius 2 is 2.18 bits per heavy atom. The predicted octanol–water partition coefficient (Wildman–Crippen LogP) is 3.24. The van der Waals surface area contributed by atoms with Gasteiger partial charge in [0.2, 0.25) is 5.91 Å². The smallest absolute Gasteiger partial charge is 0.233 e. The zero-order chi connectivity index (χ0) is 16.1. The molecule has 0 aliphatic rings. The molecule has 1 atom stereocenters. The number of halogens is 1. The molecule has 2 aromatic rings. The third-order valence-electron chi connectivity index (χ3n) is 3.12. The number of rotatable bonds is 6. The average molecular weight is 339 g/mol. The summed E-state index contributed by atoms with van der Waals surface area (Å²) < 4.78 is 1.99. The summed E-state index contributed by atoms with van der Waals surface area (Å²) in [5.41, 5.74) is 0.916. The molecule has 0 aliphatic heterocycles. The first-order valence-corrected chi connectivity index (χ1v) is 8.46. The zero-order valence-corrected chi connectivity index (χ0v) is 14.4. The van der Waals surface area contributed by atoms with Gasteiger partial charge in [0, 0.05) is 23.7 Å². The van der Waals surface area contributed by atoms with Crippen molar-refractivity contribution in [2.24, 2.45) is 0 Å². The van der Waals surface area contributed by atoms with Crippen molar-refractivity contribution in [3.8, 4) is 11.4 Å². The Balaban J connectivity index is 2.26. The van der Waals surface area contributed by atoms with Crippen molar-refractivity contribution in [1.29, 1.82) is 0 Å². The van der Waals surface area contributed by atoms with Crippen molar-refractivity contribution in [2.75, 3.05) is 6.54 Å². The highest BCUT2D eigenvalue weighted by Crippen LogP contribution is 2.27. The highest BCUT2D eigenvalue weighted by molar-refractivity contribution is 8.00. The van der Waals surface area contributed by atoms with Crippen LogP contribution in [0, 0.1) is 0 Å². The fourth-order valence-corrected chi connectivity index (χ4v) is 3.16. The van der Waals surface area contributed by atoms with Crippen LogP contribution in [-0.2, 0) is 11.3 Å². The summed E-state index contributed by atoms with van der Waals surface area (Å²) in [6.45, 7) is 7.14. The van der Waals surface area contributed by atoms with Crippen LogP contribution in [0.3, 0.4) is 0 Å². The van der Waals surface area contributed by atoms with Crippen LogP contribution in [0.4, 0.5) is 0 Å². The van der Waals surface area contributed by atoms with Crippen LogP contribution in [-0.4, -0.2) is 32.5 Å². The first-order valence-electron chi connectivity index (χ1n) is 7.20. The van der Waals surface area contributed by atoms with Gasteiger partial charge in [-0.1, -0.05) is 35.5 Å². The Bertz CT molecular complexity index is 659. The molecule has 7 heteroatoms. The lowest BCUT2D eigenvalue weighted by Gasteiger charge is -2.12. The molecule has 0 unspecified atom stereocenters. The molecule has 1 aromatic carbocycles. The maximum Gasteiger partial charge on any atom is 0.233 e. The summed E-state index contributed by atoms with van der Waals surface area (Å²) >= 11 is 7.45. The molecular weight excluding hydrogens is 320 g/mol. The Morgan fingerprint density at radius 1 is 1.41 bits per heavy atom. The van der Waals surface area contributed by atoms with Crippen molar-refractivity contribution in [3.63, 3.8) is 0 Å². The van der Waals surface area contributed by atoms with Gasteiger partial charge in [0.25, 0.3) is 0 Å². The van der Waals surface area contributed by atoms with Gasteiger partial charge in [0.05, 0.1) is 5.25 Å². The van der Waals surface area contributed by atoms with E-state index in [1.165, 1.54) is 11.8 Å². The number of aromatic nitrogens is 3. The van der Waals surface area contributed by atoms with Crippen LogP contribution in [0.15, 0.2) is 29.4 Å². The molecule has 0 bridgehead atoms. The van der Waals surface area contributed by atoms with Crippen LogP contribution in [0.25, 0.3) is 11.4 Å². The van der Waals surface area contributed by atoms with E-state index in [-0.39, 0.29) is 11.2 Å². The summed E-state index contributed by atoms with van der Waals surface area (Å²) in [4.78, 5) is 11.9. The Kier molecular flexibility index (Phi) is 5.85. The molecule has 0 spiro atoms. The van der Waals surface area contributed by atoms with Gasteiger partial charge in [0.1, 0.15) is 0 Å². The van der Waals surface area contributed by atoms with Gasteiger partial charge in [-0.2, -0.15) is 0 Å². The summed E-state index contributed by atoms with van der Waals surface area (Å²) in [6.07, 6.45) is 0. The Labute approximate surface area is 139 Å². The number of hydrogen-bond donors (Lipinski definition) is 1. The molecule has 0 fully saturated rings. The Hall–Kier alpha value is -1.53. The highest BCUT2D eigenvalue weighted by atomic mass is 35.5. The molecule has 118 valence electrons. The quantitative estimate of drug-likeness (QED) is 0.821. The van der Waals surface area contributed by atoms with Gasteiger partial charge in [-0.15, -0.1) is 10.2 Å². The summed E-state index contributed by atoms with van der Waals surface area (Å²) in [7, 11) is 0. The molecule has 0 aliphatic carbocycles. The van der Waals surface area contributed by atoms with Crippen molar-refractivity contribution in [2.45, 2.75) is 37.7 Å². The predicted molar refractivity (Wildman–Crippen MR) is 90.1 cm³/mol. The molecule has 1 N–H and O–H groups in total. The first-order chi connectivity index (χ1) is 10.6. The lowest BCUT2D eigenvalue weighted by atomic mass is 10.2. The van der Waals surface area contributed by atoms with Crippen molar-refractivity contribution in [3.05, 3.63) is 29.3 Å². The zero-order valence-electron chi connectivity index (χ0n) is 12.8. The molecule has 0 saturated carbocycles. The number of amides is 1. The molecule has 1 heterocycles. The minimum atomic E-state index is -0.221. The molecule has 1 amide bonds. The monoisotopic (exact) mass is 338 g/mol. The highest BCUT2D eigenvalue weighted by Gasteiger charge is 2.19. The third-order valence-corrected chi connectivity index (χ3v) is 4.43. The maximum atomic E-state index is 11.9. The fourth-order valence-electron chi connectivity index (χ4n) is 2.03. The molecule has 1 aromatic heterocycles. The van der Waals surface area contributed by atoms with E-state index in [2.05, 4.69) is 15.5 Å². The number of thioether (sulfide) groups is 1. The summed E-state index contributed by atoms with van der Waals surface area (Å²) in [5, 5.41) is 12.5. The van der Waals surface area contributed by atoms with Crippen LogP contribution < -0.4 is 5.32 Å². The van der Waals surface area contributed by atoms with E-state index in [1.54, 1.807) is 0 Å². The lowest BCUT2D eigenvalue weighted by molar-refractivity contribution is -0.120. The van der Waals surface area contributed by atoms with E-state index in [0.717, 1.165) is 23.1 Å². The molecule has 0 radical (unpaired) electrons. The fraction of sp³-hybridized carbons (Fsp3) is 0.400. The molecular formula is C15H19ClN4OS. The van der Waals surface area contributed by atoms with Crippen LogP contribution in [0.5, 0.6) is 0 Å². The molecule has 22 heavy (non-hydrogen) atoms. The van der Waals surface area contributed by atoms with E-state index < -0.39 is 0 Å². The van der Waals surface area contributed by atoms with Crippen molar-refractivity contribution < 1.29 is 4.79 Å². The first kappa shape index (κ1) is 16.8. The summed E-state index contributed by atoms with van der Waals surface area (Å²) in [6, 6.07) is 7.52. The van der Waals surface area contributed by atoms with E-state index in [4.69, 9.17) is 11.6 Å². The standard InChI is InChI=1S/C15H19ClN4OS/c1-4-17-14(21)10(3)22-15-19-18-13(20(15)5-2)11-7-6-8-12(16)9-11/h6-10H,4-5H2,1-3H3,(H,17,21)/t10-/m1/s1. The molecule has 0 saturated heterocycles. The molecule has 5 nitrogen and oxygen atoms in total. The van der Waals surface area contributed by atoms with Gasteiger partial charge < -0.3 is 9.88 Å². The number of nitrogens with one attached hydrogen (secondary N) is 1. The van der Waals surface area contributed by atoms with Gasteiger partial charge in [0.15, 0.2) is 11.0 Å². The number of carbonyl (C=O) groups excluding carboxylic acids is 1. The third kappa shape index (κ3) is 3.81. The van der Waals surface area contributed by atoms with E-state index in [0.29, 0.717) is 11.6 Å². The number of benzene rings is 1. The van der Waals surface area contributed by atoms with Gasteiger partial charge >= 0.3 is 0 Å². The SMILES string of the molecule is CCNC(=O)[C@@H](C)Sc1nnc(-c2cccc(Cl)c2)n1CC. The minimum Gasteiger partial charge on any atom is -0.355 e. The second kappa shape index (κ2) is 7.65. The second-order valence-electron chi connectivity index (χ2n) is 4.72. The average Bonchev–Trinajstić information content (AvgIpc) is 2.90. The molecule has 2 rings (SSSR count). The minimum absolute atomic E-state index is 0.00228. The maximum absolute atomic E-state index is 11.9. The van der Waals surface area contributed by atoms with E-state index in [1.807, 2.05) is 49.6 Å². The lowest BCUT2D eigenvalue weighted by Crippen LogP contribution is -2.30. The van der Waals surface area contributed by atoms with Crippen LogP contribution in [0.2, 0.25) is 5.02 Å². The normalized spacial score (nSPS) is 12.2.